The summed E-state index contributed by atoms with van der Waals surface area (Å²) in [6.45, 7) is 3.26. The minimum Gasteiger partial charge on any atom is -0.348 e. The van der Waals surface area contributed by atoms with Crippen LogP contribution in [0, 0.1) is 12.7 Å². The van der Waals surface area contributed by atoms with E-state index in [1.165, 1.54) is 24.3 Å². The summed E-state index contributed by atoms with van der Waals surface area (Å²) in [5.74, 6) is -0.836. The Balaban J connectivity index is 1.82. The molecule has 0 aliphatic heterocycles. The second-order valence-electron chi connectivity index (χ2n) is 7.55. The molecule has 0 saturated carbocycles. The Labute approximate surface area is 192 Å². The Morgan fingerprint density at radius 3 is 2.19 bits per heavy atom. The monoisotopic (exact) mass is 474 g/mol. The van der Waals surface area contributed by atoms with Gasteiger partial charge in [0.15, 0.2) is 0 Å². The van der Waals surface area contributed by atoms with Crippen molar-refractivity contribution in [3.8, 4) is 0 Å². The molecule has 8 heteroatoms. The fraction of sp³-hybridized carbons (Fsp3) is 0.208. The van der Waals surface area contributed by atoms with E-state index in [1.54, 1.807) is 55.5 Å². The number of carbonyl (C=O) groups is 1. The number of amides is 1. The van der Waals surface area contributed by atoms with Gasteiger partial charge in [0.2, 0.25) is 15.9 Å². The molecule has 0 spiro atoms. The molecule has 3 rings (SSSR count). The Kier molecular flexibility index (Phi) is 7.66. The Morgan fingerprint density at radius 1 is 1.00 bits per heavy atom. The van der Waals surface area contributed by atoms with Crippen LogP contribution in [0.1, 0.15) is 29.7 Å². The van der Waals surface area contributed by atoms with Gasteiger partial charge >= 0.3 is 0 Å². The molecule has 1 atom stereocenters. The molecule has 0 saturated heterocycles. The van der Waals surface area contributed by atoms with Gasteiger partial charge in [-0.15, -0.1) is 0 Å². The average Bonchev–Trinajstić information content (AvgIpc) is 2.75. The lowest BCUT2D eigenvalue weighted by atomic mass is 10.1. The first-order chi connectivity index (χ1) is 15.1. The summed E-state index contributed by atoms with van der Waals surface area (Å²) in [4.78, 5) is 12.9. The third kappa shape index (κ3) is 6.16. The number of rotatable bonds is 8. The summed E-state index contributed by atoms with van der Waals surface area (Å²) in [5.41, 5.74) is 2.34. The van der Waals surface area contributed by atoms with Crippen LogP contribution in [0.3, 0.4) is 0 Å². The molecule has 0 heterocycles. The van der Waals surface area contributed by atoms with Crippen molar-refractivity contribution < 1.29 is 17.6 Å². The predicted octanol–water partition coefficient (Wildman–Crippen LogP) is 4.86. The van der Waals surface area contributed by atoms with Gasteiger partial charge in [-0.3, -0.25) is 4.79 Å². The van der Waals surface area contributed by atoms with Crippen LogP contribution in [0.15, 0.2) is 77.7 Å². The third-order valence-corrected chi connectivity index (χ3v) is 7.06. The van der Waals surface area contributed by atoms with Crippen LogP contribution in [0.2, 0.25) is 5.02 Å². The second kappa shape index (κ2) is 10.3. The molecule has 0 radical (unpaired) electrons. The van der Waals surface area contributed by atoms with Crippen molar-refractivity contribution in [2.75, 3.05) is 6.54 Å². The first kappa shape index (κ1) is 23.9. The van der Waals surface area contributed by atoms with Crippen LogP contribution < -0.4 is 5.32 Å². The number of halogens is 2. The number of nitrogens with zero attached hydrogens (tertiary/aromatic N) is 1. The molecule has 1 amide bonds. The van der Waals surface area contributed by atoms with E-state index in [2.05, 4.69) is 5.32 Å². The number of nitrogens with one attached hydrogen (secondary N) is 1. The van der Waals surface area contributed by atoms with Crippen molar-refractivity contribution in [3.63, 3.8) is 0 Å². The second-order valence-corrected chi connectivity index (χ2v) is 9.93. The maximum Gasteiger partial charge on any atom is 0.243 e. The van der Waals surface area contributed by atoms with E-state index >= 15 is 0 Å². The van der Waals surface area contributed by atoms with Crippen molar-refractivity contribution in [2.24, 2.45) is 0 Å². The van der Waals surface area contributed by atoms with E-state index in [9.17, 15) is 17.6 Å². The first-order valence-electron chi connectivity index (χ1n) is 10.0. The van der Waals surface area contributed by atoms with E-state index in [-0.39, 0.29) is 23.8 Å². The van der Waals surface area contributed by atoms with E-state index in [1.807, 2.05) is 6.92 Å². The van der Waals surface area contributed by atoms with Crippen LogP contribution >= 0.6 is 11.6 Å². The number of carbonyl (C=O) groups excluding carboxylic acids is 1. The predicted molar refractivity (Wildman–Crippen MR) is 123 cm³/mol. The lowest BCUT2D eigenvalue weighted by Gasteiger charge is -2.23. The lowest BCUT2D eigenvalue weighted by molar-refractivity contribution is -0.122. The zero-order chi connectivity index (χ0) is 23.3. The van der Waals surface area contributed by atoms with Crippen LogP contribution in [-0.4, -0.2) is 25.2 Å². The van der Waals surface area contributed by atoms with Gasteiger partial charge in [0.1, 0.15) is 5.82 Å². The van der Waals surface area contributed by atoms with Crippen LogP contribution in [0.25, 0.3) is 0 Å². The number of hydrogen-bond donors (Lipinski definition) is 1. The van der Waals surface area contributed by atoms with E-state index in [0.29, 0.717) is 16.1 Å². The van der Waals surface area contributed by atoms with Crippen molar-refractivity contribution in [1.29, 1.82) is 0 Å². The third-order valence-electron chi connectivity index (χ3n) is 5.00. The molecule has 0 bridgehead atoms. The Bertz CT molecular complexity index is 1170. The summed E-state index contributed by atoms with van der Waals surface area (Å²) in [7, 11) is -3.94. The van der Waals surface area contributed by atoms with Crippen LogP contribution in [-0.2, 0) is 21.4 Å². The maximum atomic E-state index is 13.3. The van der Waals surface area contributed by atoms with Gasteiger partial charge in [-0.1, -0.05) is 53.6 Å². The van der Waals surface area contributed by atoms with Gasteiger partial charge in [0, 0.05) is 11.6 Å². The van der Waals surface area contributed by atoms with Gasteiger partial charge in [-0.05, 0) is 61.4 Å². The van der Waals surface area contributed by atoms with Crippen LogP contribution in [0.4, 0.5) is 4.39 Å². The maximum absolute atomic E-state index is 13.3. The lowest BCUT2D eigenvalue weighted by Crippen LogP contribution is -2.41. The normalized spacial score (nSPS) is 12.5. The SMILES string of the molecule is Cc1ccc(S(=O)(=O)N(CC(=O)NC(C)c2ccc(F)cc2)Cc2ccc(Cl)cc2)cc1. The number of benzene rings is 3. The smallest absolute Gasteiger partial charge is 0.243 e. The molecule has 3 aromatic carbocycles. The Morgan fingerprint density at radius 2 is 1.59 bits per heavy atom. The molecule has 1 unspecified atom stereocenters. The van der Waals surface area contributed by atoms with Crippen LogP contribution in [0.5, 0.6) is 0 Å². The molecule has 0 aliphatic rings. The highest BCUT2D eigenvalue weighted by Crippen LogP contribution is 2.20. The molecule has 0 aliphatic carbocycles. The molecule has 0 fully saturated rings. The van der Waals surface area contributed by atoms with Gasteiger partial charge in [0.05, 0.1) is 17.5 Å². The zero-order valence-corrected chi connectivity index (χ0v) is 19.3. The highest BCUT2D eigenvalue weighted by molar-refractivity contribution is 7.89. The molecule has 168 valence electrons. The first-order valence-corrected chi connectivity index (χ1v) is 11.8. The van der Waals surface area contributed by atoms with Crippen molar-refractivity contribution >= 4 is 27.5 Å². The van der Waals surface area contributed by atoms with Crippen molar-refractivity contribution in [1.82, 2.24) is 9.62 Å². The number of sulfonamides is 1. The molecule has 32 heavy (non-hydrogen) atoms. The quantitative estimate of drug-likeness (QED) is 0.507. The topological polar surface area (TPSA) is 66.5 Å². The summed E-state index contributed by atoms with van der Waals surface area (Å²) in [5, 5.41) is 3.32. The molecule has 0 aromatic heterocycles. The van der Waals surface area contributed by atoms with Gasteiger partial charge in [0.25, 0.3) is 0 Å². The fourth-order valence-electron chi connectivity index (χ4n) is 3.16. The zero-order valence-electron chi connectivity index (χ0n) is 17.8. The molecule has 5 nitrogen and oxygen atoms in total. The van der Waals surface area contributed by atoms with E-state index in [0.717, 1.165) is 9.87 Å². The summed E-state index contributed by atoms with van der Waals surface area (Å²) < 4.78 is 40.9. The standard InChI is InChI=1S/C24H24ClFN2O3S/c1-17-3-13-23(14-4-17)32(30,31)28(15-19-5-9-21(25)10-6-19)16-24(29)27-18(2)20-7-11-22(26)12-8-20/h3-14,18H,15-16H2,1-2H3,(H,27,29). The average molecular weight is 475 g/mol. The summed E-state index contributed by atoms with van der Waals surface area (Å²) >= 11 is 5.94. The molecule has 3 aromatic rings. The van der Waals surface area contributed by atoms with Gasteiger partial charge in [-0.25, -0.2) is 12.8 Å². The molecular weight excluding hydrogens is 451 g/mol. The minimum atomic E-state index is -3.94. The van der Waals surface area contributed by atoms with E-state index in [4.69, 9.17) is 11.6 Å². The number of aryl methyl sites for hydroxylation is 1. The summed E-state index contributed by atoms with van der Waals surface area (Å²) in [6.07, 6.45) is 0. The highest BCUT2D eigenvalue weighted by atomic mass is 35.5. The molecule has 1 N–H and O–H groups in total. The van der Waals surface area contributed by atoms with Crippen molar-refractivity contribution in [2.45, 2.75) is 31.3 Å². The Hall–Kier alpha value is -2.74. The summed E-state index contributed by atoms with van der Waals surface area (Å²) in [6, 6.07) is 18.6. The highest BCUT2D eigenvalue weighted by Gasteiger charge is 2.27. The van der Waals surface area contributed by atoms with Gasteiger partial charge < -0.3 is 5.32 Å². The molecular formula is C24H24ClFN2O3S. The van der Waals surface area contributed by atoms with Gasteiger partial charge in [-0.2, -0.15) is 4.31 Å². The van der Waals surface area contributed by atoms with E-state index < -0.39 is 22.0 Å². The minimum absolute atomic E-state index is 0.00568. The fourth-order valence-corrected chi connectivity index (χ4v) is 4.67. The van der Waals surface area contributed by atoms with Crippen molar-refractivity contribution in [3.05, 3.63) is 100 Å². The largest absolute Gasteiger partial charge is 0.348 e. The number of hydrogen-bond acceptors (Lipinski definition) is 3.